The van der Waals surface area contributed by atoms with Gasteiger partial charge in [0.1, 0.15) is 12.4 Å². The molecule has 1 aromatic rings. The largest absolute Gasteiger partial charge is 0.480 e. The number of nitrogen functional groups attached to an aromatic ring is 1. The van der Waals surface area contributed by atoms with Crippen LogP contribution in [0.2, 0.25) is 0 Å². The van der Waals surface area contributed by atoms with E-state index in [1.165, 1.54) is 0 Å². The standard InChI is InChI=1S/C18H23N3O5/c19-18(20)13-3-1-12(2-4-13)15(22)5-6-16(23)21-9-7-14(8-10-21)26-11-17(24)25/h1-4,14H,5-11H2,(H3,19,20)(H,24,25). The molecule has 4 N–H and O–H groups in total. The average Bonchev–Trinajstić information content (AvgIpc) is 2.64. The first-order valence-electron chi connectivity index (χ1n) is 8.45. The minimum atomic E-state index is -1.00. The number of amides is 1. The molecule has 1 fully saturated rings. The van der Waals surface area contributed by atoms with Crippen LogP contribution in [0.5, 0.6) is 0 Å². The van der Waals surface area contributed by atoms with Crippen LogP contribution in [0.4, 0.5) is 0 Å². The van der Waals surface area contributed by atoms with Crippen LogP contribution in [-0.4, -0.2) is 59.3 Å². The molecule has 0 aromatic heterocycles. The van der Waals surface area contributed by atoms with Crippen LogP contribution < -0.4 is 5.73 Å². The lowest BCUT2D eigenvalue weighted by atomic mass is 10.0. The Labute approximate surface area is 151 Å². The van der Waals surface area contributed by atoms with Gasteiger partial charge in [-0.05, 0) is 12.8 Å². The van der Waals surface area contributed by atoms with Gasteiger partial charge in [0.25, 0.3) is 0 Å². The lowest BCUT2D eigenvalue weighted by molar-refractivity contribution is -0.146. The summed E-state index contributed by atoms with van der Waals surface area (Å²) >= 11 is 0. The van der Waals surface area contributed by atoms with E-state index in [1.807, 2.05) is 0 Å². The molecule has 1 aliphatic rings. The molecule has 26 heavy (non-hydrogen) atoms. The number of nitrogens with one attached hydrogen (secondary N) is 1. The fourth-order valence-electron chi connectivity index (χ4n) is 2.82. The Bertz CT molecular complexity index is 679. The highest BCUT2D eigenvalue weighted by Crippen LogP contribution is 2.16. The van der Waals surface area contributed by atoms with Crippen molar-refractivity contribution < 1.29 is 24.2 Å². The number of benzene rings is 1. The van der Waals surface area contributed by atoms with E-state index in [-0.39, 0.29) is 43.1 Å². The number of aliphatic carboxylic acids is 1. The van der Waals surface area contributed by atoms with Crippen LogP contribution in [0, 0.1) is 5.41 Å². The Balaban J connectivity index is 1.75. The number of amidine groups is 1. The SMILES string of the molecule is N=C(N)c1ccc(C(=O)CCC(=O)N2CCC(OCC(=O)O)CC2)cc1. The number of hydrogen-bond donors (Lipinski definition) is 3. The predicted octanol–water partition coefficient (Wildman–Crippen LogP) is 1.03. The smallest absolute Gasteiger partial charge is 0.329 e. The van der Waals surface area contributed by atoms with Crippen molar-refractivity contribution >= 4 is 23.5 Å². The molecule has 8 nitrogen and oxygen atoms in total. The molecule has 8 heteroatoms. The Morgan fingerprint density at radius 1 is 1.12 bits per heavy atom. The third kappa shape index (κ3) is 5.66. The molecule has 2 rings (SSSR count). The summed E-state index contributed by atoms with van der Waals surface area (Å²) in [6, 6.07) is 6.43. The van der Waals surface area contributed by atoms with Crippen molar-refractivity contribution in [3.8, 4) is 0 Å². The van der Waals surface area contributed by atoms with E-state index in [4.69, 9.17) is 21.0 Å². The van der Waals surface area contributed by atoms with E-state index < -0.39 is 5.97 Å². The maximum absolute atomic E-state index is 12.2. The highest BCUT2D eigenvalue weighted by Gasteiger charge is 2.24. The summed E-state index contributed by atoms with van der Waals surface area (Å²) in [5.41, 5.74) is 6.41. The fraction of sp³-hybridized carbons (Fsp3) is 0.444. The summed E-state index contributed by atoms with van der Waals surface area (Å²) in [5, 5.41) is 15.9. The zero-order valence-corrected chi connectivity index (χ0v) is 14.4. The van der Waals surface area contributed by atoms with Gasteiger partial charge in [-0.25, -0.2) is 4.79 Å². The quantitative estimate of drug-likeness (QED) is 0.360. The summed E-state index contributed by atoms with van der Waals surface area (Å²) in [7, 11) is 0. The summed E-state index contributed by atoms with van der Waals surface area (Å²) in [6.07, 6.45) is 1.30. The summed E-state index contributed by atoms with van der Waals surface area (Å²) < 4.78 is 5.24. The van der Waals surface area contributed by atoms with E-state index in [2.05, 4.69) is 0 Å². The molecule has 1 amide bonds. The Morgan fingerprint density at radius 2 is 1.69 bits per heavy atom. The first-order valence-corrected chi connectivity index (χ1v) is 8.45. The number of carboxylic acid groups (broad SMARTS) is 1. The van der Waals surface area contributed by atoms with Crippen LogP contribution in [0.15, 0.2) is 24.3 Å². The minimum Gasteiger partial charge on any atom is -0.480 e. The Kier molecular flexibility index (Phi) is 6.85. The molecule has 1 saturated heterocycles. The van der Waals surface area contributed by atoms with Gasteiger partial charge in [-0.1, -0.05) is 24.3 Å². The number of rotatable bonds is 8. The van der Waals surface area contributed by atoms with Gasteiger partial charge in [-0.2, -0.15) is 0 Å². The van der Waals surface area contributed by atoms with Gasteiger partial charge in [0.15, 0.2) is 5.78 Å². The van der Waals surface area contributed by atoms with Gasteiger partial charge in [-0.3, -0.25) is 15.0 Å². The number of hydrogen-bond acceptors (Lipinski definition) is 5. The number of carbonyl (C=O) groups excluding carboxylic acids is 2. The molecule has 1 aliphatic heterocycles. The number of nitrogens with zero attached hydrogens (tertiary/aromatic N) is 1. The first kappa shape index (κ1) is 19.6. The van der Waals surface area contributed by atoms with Crippen molar-refractivity contribution in [1.29, 1.82) is 5.41 Å². The number of carbonyl (C=O) groups is 3. The molecule has 0 atom stereocenters. The van der Waals surface area contributed by atoms with Gasteiger partial charge < -0.3 is 20.5 Å². The van der Waals surface area contributed by atoms with Crippen molar-refractivity contribution in [2.45, 2.75) is 31.8 Å². The third-order valence-electron chi connectivity index (χ3n) is 4.32. The van der Waals surface area contributed by atoms with E-state index in [0.29, 0.717) is 37.1 Å². The zero-order chi connectivity index (χ0) is 19.1. The Hall–Kier alpha value is -2.74. The number of piperidine rings is 1. The van der Waals surface area contributed by atoms with E-state index in [1.54, 1.807) is 29.2 Å². The molecule has 0 spiro atoms. The molecule has 0 saturated carbocycles. The molecule has 0 radical (unpaired) electrons. The van der Waals surface area contributed by atoms with Crippen LogP contribution in [0.3, 0.4) is 0 Å². The van der Waals surface area contributed by atoms with Crippen molar-refractivity contribution in [2.75, 3.05) is 19.7 Å². The van der Waals surface area contributed by atoms with E-state index >= 15 is 0 Å². The summed E-state index contributed by atoms with van der Waals surface area (Å²) in [4.78, 5) is 36.6. The van der Waals surface area contributed by atoms with Crippen LogP contribution in [-0.2, 0) is 14.3 Å². The third-order valence-corrected chi connectivity index (χ3v) is 4.32. The molecule has 1 aromatic carbocycles. The molecule has 1 heterocycles. The van der Waals surface area contributed by atoms with Crippen LogP contribution in [0.1, 0.15) is 41.6 Å². The average molecular weight is 361 g/mol. The number of Topliss-reactive ketones (excluding diaryl/α,β-unsaturated/α-hetero) is 1. The van der Waals surface area contributed by atoms with Crippen LogP contribution >= 0.6 is 0 Å². The van der Waals surface area contributed by atoms with Gasteiger partial charge in [0.2, 0.25) is 5.91 Å². The number of nitrogens with two attached hydrogens (primary N) is 1. The molecule has 140 valence electrons. The molecular weight excluding hydrogens is 338 g/mol. The second-order valence-electron chi connectivity index (χ2n) is 6.20. The van der Waals surface area contributed by atoms with Gasteiger partial charge >= 0.3 is 5.97 Å². The highest BCUT2D eigenvalue weighted by molar-refractivity contribution is 6.00. The van der Waals surface area contributed by atoms with E-state index in [0.717, 1.165) is 0 Å². The van der Waals surface area contributed by atoms with Gasteiger partial charge in [0, 0.05) is 37.1 Å². The number of likely N-dealkylation sites (tertiary alicyclic amines) is 1. The predicted molar refractivity (Wildman–Crippen MR) is 94.2 cm³/mol. The summed E-state index contributed by atoms with van der Waals surface area (Å²) in [6.45, 7) is 0.685. The molecular formula is C18H23N3O5. The molecule has 0 unspecified atom stereocenters. The van der Waals surface area contributed by atoms with Gasteiger partial charge in [-0.15, -0.1) is 0 Å². The topological polar surface area (TPSA) is 134 Å². The number of ether oxygens (including phenoxy) is 1. The summed E-state index contributed by atoms with van der Waals surface area (Å²) in [5.74, 6) is -1.28. The molecule has 0 aliphatic carbocycles. The lowest BCUT2D eigenvalue weighted by Crippen LogP contribution is -2.41. The fourth-order valence-corrected chi connectivity index (χ4v) is 2.82. The second kappa shape index (κ2) is 9.10. The minimum absolute atomic E-state index is 0.0603. The first-order chi connectivity index (χ1) is 12.4. The number of ketones is 1. The van der Waals surface area contributed by atoms with Crippen molar-refractivity contribution in [3.05, 3.63) is 35.4 Å². The zero-order valence-electron chi connectivity index (χ0n) is 14.4. The van der Waals surface area contributed by atoms with Crippen molar-refractivity contribution in [3.63, 3.8) is 0 Å². The van der Waals surface area contributed by atoms with Crippen LogP contribution in [0.25, 0.3) is 0 Å². The Morgan fingerprint density at radius 3 is 2.23 bits per heavy atom. The maximum Gasteiger partial charge on any atom is 0.329 e. The van der Waals surface area contributed by atoms with Gasteiger partial charge in [0.05, 0.1) is 6.10 Å². The number of carboxylic acids is 1. The molecule has 0 bridgehead atoms. The normalized spacial score (nSPS) is 14.8. The van der Waals surface area contributed by atoms with Crippen molar-refractivity contribution in [1.82, 2.24) is 4.90 Å². The second-order valence-corrected chi connectivity index (χ2v) is 6.20. The lowest BCUT2D eigenvalue weighted by Gasteiger charge is -2.31. The monoisotopic (exact) mass is 361 g/mol. The highest BCUT2D eigenvalue weighted by atomic mass is 16.5. The van der Waals surface area contributed by atoms with E-state index in [9.17, 15) is 14.4 Å². The van der Waals surface area contributed by atoms with Crippen molar-refractivity contribution in [2.24, 2.45) is 5.73 Å². The maximum atomic E-state index is 12.2.